The van der Waals surface area contributed by atoms with Gasteiger partial charge in [0, 0.05) is 5.54 Å². The third kappa shape index (κ3) is 5.09. The average Bonchev–Trinajstić information content (AvgIpc) is 2.23. The summed E-state index contributed by atoms with van der Waals surface area (Å²) in [5, 5.41) is 9.28. The van der Waals surface area contributed by atoms with Crippen LogP contribution in [0.4, 0.5) is 0 Å². The van der Waals surface area contributed by atoms with E-state index in [0.717, 1.165) is 6.42 Å². The van der Waals surface area contributed by atoms with Crippen molar-refractivity contribution in [2.45, 2.75) is 65.0 Å². The Labute approximate surface area is 128 Å². The lowest BCUT2D eigenvalue weighted by molar-refractivity contribution is 0.269. The van der Waals surface area contributed by atoms with E-state index in [1.165, 1.54) is 0 Å². The van der Waals surface area contributed by atoms with E-state index in [1.54, 1.807) is 25.1 Å². The van der Waals surface area contributed by atoms with Crippen LogP contribution >= 0.6 is 0 Å². The first kappa shape index (κ1) is 18.1. The van der Waals surface area contributed by atoms with Gasteiger partial charge < -0.3 is 5.11 Å². The summed E-state index contributed by atoms with van der Waals surface area (Å²) >= 11 is 0. The second-order valence-electron chi connectivity index (χ2n) is 7.43. The van der Waals surface area contributed by atoms with Gasteiger partial charge in [0.25, 0.3) is 0 Å². The van der Waals surface area contributed by atoms with Gasteiger partial charge in [0.15, 0.2) is 0 Å². The van der Waals surface area contributed by atoms with Crippen LogP contribution in [0.1, 0.15) is 52.2 Å². The molecule has 0 amide bonds. The van der Waals surface area contributed by atoms with Gasteiger partial charge in [-0.2, -0.15) is 0 Å². The van der Waals surface area contributed by atoms with Gasteiger partial charge in [-0.15, -0.1) is 0 Å². The molecular weight excluding hydrogens is 286 g/mol. The van der Waals surface area contributed by atoms with E-state index in [-0.39, 0.29) is 16.9 Å². The highest BCUT2D eigenvalue weighted by Gasteiger charge is 2.31. The molecule has 120 valence electrons. The number of aliphatic hydroxyl groups excluding tert-OH is 1. The molecule has 0 saturated carbocycles. The van der Waals surface area contributed by atoms with Gasteiger partial charge in [0.1, 0.15) is 0 Å². The van der Waals surface area contributed by atoms with E-state index in [9.17, 15) is 13.5 Å². The summed E-state index contributed by atoms with van der Waals surface area (Å²) in [5.74, 6) is 0. The van der Waals surface area contributed by atoms with Crippen LogP contribution in [0.15, 0.2) is 23.1 Å². The van der Waals surface area contributed by atoms with Gasteiger partial charge in [-0.25, -0.2) is 13.1 Å². The second-order valence-corrected chi connectivity index (χ2v) is 9.08. The van der Waals surface area contributed by atoms with E-state index < -0.39 is 15.6 Å². The number of sulfonamides is 1. The molecule has 1 aromatic carbocycles. The van der Waals surface area contributed by atoms with Gasteiger partial charge in [-0.3, -0.25) is 0 Å². The van der Waals surface area contributed by atoms with Crippen molar-refractivity contribution in [3.63, 3.8) is 0 Å². The van der Waals surface area contributed by atoms with Crippen molar-refractivity contribution in [1.29, 1.82) is 0 Å². The molecule has 2 N–H and O–H groups in total. The van der Waals surface area contributed by atoms with Gasteiger partial charge in [0.05, 0.1) is 11.5 Å². The van der Waals surface area contributed by atoms with Crippen molar-refractivity contribution in [1.82, 2.24) is 4.72 Å². The smallest absolute Gasteiger partial charge is 0.241 e. The molecule has 0 aliphatic carbocycles. The Balaban J connectivity index is 3.13. The molecular formula is C16H27NO3S. The Morgan fingerprint density at radius 2 is 1.71 bits per heavy atom. The molecule has 0 fully saturated rings. The lowest BCUT2D eigenvalue weighted by Gasteiger charge is -2.33. The van der Waals surface area contributed by atoms with Crippen molar-refractivity contribution in [3.8, 4) is 0 Å². The molecule has 21 heavy (non-hydrogen) atoms. The lowest BCUT2D eigenvalue weighted by Crippen LogP contribution is -2.45. The number of hydrogen-bond acceptors (Lipinski definition) is 3. The first-order chi connectivity index (χ1) is 9.38. The fourth-order valence-corrected chi connectivity index (χ4v) is 4.60. The van der Waals surface area contributed by atoms with E-state index in [2.05, 4.69) is 25.5 Å². The van der Waals surface area contributed by atoms with Crippen LogP contribution in [0, 0.1) is 12.3 Å². The Morgan fingerprint density at radius 1 is 1.14 bits per heavy atom. The first-order valence-electron chi connectivity index (χ1n) is 7.11. The summed E-state index contributed by atoms with van der Waals surface area (Å²) < 4.78 is 28.0. The fourth-order valence-electron chi connectivity index (χ4n) is 2.90. The van der Waals surface area contributed by atoms with Crippen LogP contribution in [-0.2, 0) is 16.6 Å². The van der Waals surface area contributed by atoms with Crippen molar-refractivity contribution in [3.05, 3.63) is 29.3 Å². The molecule has 4 nitrogen and oxygen atoms in total. The minimum absolute atomic E-state index is 0.0218. The number of nitrogens with one attached hydrogen (secondary N) is 1. The Bertz CT molecular complexity index is 598. The lowest BCUT2D eigenvalue weighted by atomic mass is 9.82. The van der Waals surface area contributed by atoms with Crippen molar-refractivity contribution in [2.75, 3.05) is 0 Å². The zero-order valence-corrected chi connectivity index (χ0v) is 14.6. The molecule has 0 bridgehead atoms. The molecule has 0 aromatic heterocycles. The van der Waals surface area contributed by atoms with Crippen molar-refractivity contribution in [2.24, 2.45) is 5.41 Å². The maximum absolute atomic E-state index is 12.6. The maximum Gasteiger partial charge on any atom is 0.241 e. The summed E-state index contributed by atoms with van der Waals surface area (Å²) in [6, 6.07) is 4.96. The summed E-state index contributed by atoms with van der Waals surface area (Å²) in [6.07, 6.45) is 0.720. The highest BCUT2D eigenvalue weighted by molar-refractivity contribution is 7.89. The number of rotatable bonds is 5. The highest BCUT2D eigenvalue weighted by Crippen LogP contribution is 2.29. The Hall–Kier alpha value is -0.910. The standard InChI is InChI=1S/C16H27NO3S/c1-12-13(10-18)8-7-9-14(12)21(19,20)17-16(5,6)11-15(2,3)4/h7-9,17-18H,10-11H2,1-6H3. The predicted octanol–water partition coefficient (Wildman–Crippen LogP) is 2.98. The van der Waals surface area contributed by atoms with Gasteiger partial charge in [0.2, 0.25) is 10.0 Å². The molecule has 0 saturated heterocycles. The van der Waals surface area contributed by atoms with E-state index in [0.29, 0.717) is 11.1 Å². The van der Waals surface area contributed by atoms with Crippen molar-refractivity contribution < 1.29 is 13.5 Å². The topological polar surface area (TPSA) is 66.4 Å². The van der Waals surface area contributed by atoms with Gasteiger partial charge >= 0.3 is 0 Å². The summed E-state index contributed by atoms with van der Waals surface area (Å²) in [6.45, 7) is 11.6. The van der Waals surface area contributed by atoms with E-state index >= 15 is 0 Å². The van der Waals surface area contributed by atoms with Crippen LogP contribution in [0.5, 0.6) is 0 Å². The molecule has 0 radical (unpaired) electrons. The van der Waals surface area contributed by atoms with E-state index in [1.807, 2.05) is 13.8 Å². The third-order valence-corrected chi connectivity index (χ3v) is 5.08. The SMILES string of the molecule is Cc1c(CO)cccc1S(=O)(=O)NC(C)(C)CC(C)(C)C. The maximum atomic E-state index is 12.6. The van der Waals surface area contributed by atoms with E-state index in [4.69, 9.17) is 0 Å². The predicted molar refractivity (Wildman–Crippen MR) is 85.6 cm³/mol. The Morgan fingerprint density at radius 3 is 2.19 bits per heavy atom. The molecule has 1 aromatic rings. The minimum atomic E-state index is -3.61. The summed E-state index contributed by atoms with van der Waals surface area (Å²) in [7, 11) is -3.61. The Kier molecular flexibility index (Phi) is 5.24. The molecule has 0 atom stereocenters. The van der Waals surface area contributed by atoms with Crippen LogP contribution in [0.25, 0.3) is 0 Å². The zero-order chi connectivity index (χ0) is 16.5. The fraction of sp³-hybridized carbons (Fsp3) is 0.625. The van der Waals surface area contributed by atoms with Crippen molar-refractivity contribution >= 4 is 10.0 Å². The van der Waals surface area contributed by atoms with Crippen LogP contribution in [0.2, 0.25) is 0 Å². The normalized spacial score (nSPS) is 13.5. The first-order valence-corrected chi connectivity index (χ1v) is 8.60. The molecule has 0 aliphatic rings. The molecule has 0 unspecified atom stereocenters. The van der Waals surface area contributed by atoms with Gasteiger partial charge in [-0.1, -0.05) is 32.9 Å². The minimum Gasteiger partial charge on any atom is -0.392 e. The second kappa shape index (κ2) is 6.07. The zero-order valence-electron chi connectivity index (χ0n) is 13.8. The molecule has 0 heterocycles. The quantitative estimate of drug-likeness (QED) is 0.878. The van der Waals surface area contributed by atoms with Crippen LogP contribution in [0.3, 0.4) is 0 Å². The third-order valence-electron chi connectivity index (χ3n) is 3.24. The van der Waals surface area contributed by atoms with Crippen LogP contribution < -0.4 is 4.72 Å². The van der Waals surface area contributed by atoms with Gasteiger partial charge in [-0.05, 0) is 49.8 Å². The molecule has 0 aliphatic heterocycles. The highest BCUT2D eigenvalue weighted by atomic mass is 32.2. The molecule has 5 heteroatoms. The molecule has 1 rings (SSSR count). The summed E-state index contributed by atoms with van der Waals surface area (Å²) in [5.41, 5.74) is 0.706. The number of benzene rings is 1. The monoisotopic (exact) mass is 313 g/mol. The average molecular weight is 313 g/mol. The van der Waals surface area contributed by atoms with Crippen LogP contribution in [-0.4, -0.2) is 19.1 Å². The summed E-state index contributed by atoms with van der Waals surface area (Å²) in [4.78, 5) is 0.232. The number of hydrogen-bond donors (Lipinski definition) is 2. The largest absolute Gasteiger partial charge is 0.392 e. The number of aliphatic hydroxyl groups is 1. The molecule has 0 spiro atoms.